The van der Waals surface area contributed by atoms with Crippen molar-refractivity contribution in [3.8, 4) is 0 Å². The van der Waals surface area contributed by atoms with Crippen molar-refractivity contribution < 1.29 is 19.8 Å². The number of carboxylic acid groups (broad SMARTS) is 1. The second kappa shape index (κ2) is 8.09. The van der Waals surface area contributed by atoms with Crippen LogP contribution in [0.2, 0.25) is 0 Å². The van der Waals surface area contributed by atoms with Crippen LogP contribution in [0.5, 0.6) is 0 Å². The summed E-state index contributed by atoms with van der Waals surface area (Å²) in [5.74, 6) is -1.48. The lowest BCUT2D eigenvalue weighted by Gasteiger charge is -2.37. The minimum Gasteiger partial charge on any atom is -0.481 e. The van der Waals surface area contributed by atoms with Crippen LogP contribution in [0.25, 0.3) is 0 Å². The molecule has 0 bridgehead atoms. The Kier molecular flexibility index (Phi) is 6.78. The molecule has 0 saturated heterocycles. The number of carboxylic acids is 1. The van der Waals surface area contributed by atoms with Gasteiger partial charge in [0.1, 0.15) is 0 Å². The monoisotopic (exact) mass is 286 g/mol. The van der Waals surface area contributed by atoms with Crippen LogP contribution in [0.1, 0.15) is 39.5 Å². The molecular weight excluding hydrogens is 260 g/mol. The predicted octanol–water partition coefficient (Wildman–Crippen LogP) is 1.29. The lowest BCUT2D eigenvalue weighted by atomic mass is 9.91. The van der Waals surface area contributed by atoms with E-state index in [0.29, 0.717) is 13.0 Å². The number of hydrogen-bond acceptors (Lipinski definition) is 3. The largest absolute Gasteiger partial charge is 0.481 e. The summed E-state index contributed by atoms with van der Waals surface area (Å²) >= 11 is 0. The molecule has 6 nitrogen and oxygen atoms in total. The molecule has 2 amide bonds. The molecule has 116 valence electrons. The van der Waals surface area contributed by atoms with Crippen LogP contribution >= 0.6 is 0 Å². The SMILES string of the molecule is CC(C)C(CNC(=O)N(CCCO)C1CCC1)C(=O)O. The maximum Gasteiger partial charge on any atom is 0.317 e. The van der Waals surface area contributed by atoms with Gasteiger partial charge in [-0.3, -0.25) is 4.79 Å². The molecule has 1 unspecified atom stereocenters. The van der Waals surface area contributed by atoms with Crippen LogP contribution in [0, 0.1) is 11.8 Å². The topological polar surface area (TPSA) is 89.9 Å². The fourth-order valence-corrected chi connectivity index (χ4v) is 2.30. The van der Waals surface area contributed by atoms with Crippen molar-refractivity contribution in [1.29, 1.82) is 0 Å². The van der Waals surface area contributed by atoms with Crippen LogP contribution in [-0.4, -0.2) is 52.9 Å². The molecule has 3 N–H and O–H groups in total. The van der Waals surface area contributed by atoms with Crippen LogP contribution < -0.4 is 5.32 Å². The van der Waals surface area contributed by atoms with Crippen molar-refractivity contribution in [3.63, 3.8) is 0 Å². The van der Waals surface area contributed by atoms with Gasteiger partial charge in [0.25, 0.3) is 0 Å². The summed E-state index contributed by atoms with van der Waals surface area (Å²) in [4.78, 5) is 25.0. The standard InChI is InChI=1S/C14H26N2O4/c1-10(2)12(13(18)19)9-15-14(20)16(7-4-8-17)11-5-3-6-11/h10-12,17H,3-9H2,1-2H3,(H,15,20)(H,18,19). The number of carbonyl (C=O) groups excluding carboxylic acids is 1. The molecule has 20 heavy (non-hydrogen) atoms. The van der Waals surface area contributed by atoms with Crippen molar-refractivity contribution in [2.75, 3.05) is 19.7 Å². The van der Waals surface area contributed by atoms with Crippen molar-refractivity contribution in [3.05, 3.63) is 0 Å². The third kappa shape index (κ3) is 4.67. The van der Waals surface area contributed by atoms with E-state index in [2.05, 4.69) is 5.32 Å². The van der Waals surface area contributed by atoms with Gasteiger partial charge in [-0.25, -0.2) is 4.79 Å². The minimum atomic E-state index is -0.883. The Balaban J connectivity index is 2.50. The zero-order valence-electron chi connectivity index (χ0n) is 12.3. The average Bonchev–Trinajstić information content (AvgIpc) is 2.30. The third-order valence-corrected chi connectivity index (χ3v) is 3.93. The van der Waals surface area contributed by atoms with Crippen LogP contribution in [0.15, 0.2) is 0 Å². The Bertz CT molecular complexity index is 329. The number of aliphatic hydroxyl groups is 1. The first-order chi connectivity index (χ1) is 9.47. The maximum atomic E-state index is 12.2. The number of aliphatic carboxylic acids is 1. The molecular formula is C14H26N2O4. The lowest BCUT2D eigenvalue weighted by molar-refractivity contribution is -0.142. The van der Waals surface area contributed by atoms with Gasteiger partial charge in [-0.1, -0.05) is 13.8 Å². The number of aliphatic hydroxyl groups excluding tert-OH is 1. The van der Waals surface area contributed by atoms with E-state index in [-0.39, 0.29) is 31.1 Å². The minimum absolute atomic E-state index is 0.0256. The lowest BCUT2D eigenvalue weighted by Crippen LogP contribution is -2.51. The summed E-state index contributed by atoms with van der Waals surface area (Å²) in [5.41, 5.74) is 0. The van der Waals surface area contributed by atoms with Gasteiger partial charge in [0.2, 0.25) is 0 Å². The van der Waals surface area contributed by atoms with E-state index in [1.807, 2.05) is 13.8 Å². The quantitative estimate of drug-likeness (QED) is 0.627. The molecule has 0 aromatic heterocycles. The van der Waals surface area contributed by atoms with Gasteiger partial charge in [0.15, 0.2) is 0 Å². The molecule has 1 fully saturated rings. The molecule has 6 heteroatoms. The maximum absolute atomic E-state index is 12.2. The van der Waals surface area contributed by atoms with Gasteiger partial charge < -0.3 is 20.4 Å². The first-order valence-corrected chi connectivity index (χ1v) is 7.35. The first-order valence-electron chi connectivity index (χ1n) is 7.35. The normalized spacial score (nSPS) is 16.6. The summed E-state index contributed by atoms with van der Waals surface area (Å²) in [6, 6.07) is 0.0268. The molecule has 1 aliphatic rings. The van der Waals surface area contributed by atoms with Crippen molar-refractivity contribution in [2.45, 2.75) is 45.6 Å². The highest BCUT2D eigenvalue weighted by atomic mass is 16.4. The zero-order chi connectivity index (χ0) is 15.1. The van der Waals surface area contributed by atoms with Gasteiger partial charge >= 0.3 is 12.0 Å². The Hall–Kier alpha value is -1.30. The summed E-state index contributed by atoms with van der Waals surface area (Å²) < 4.78 is 0. The Morgan fingerprint density at radius 2 is 2.00 bits per heavy atom. The highest BCUT2D eigenvalue weighted by molar-refractivity contribution is 5.76. The number of urea groups is 1. The van der Waals surface area contributed by atoms with Crippen molar-refractivity contribution in [2.24, 2.45) is 11.8 Å². The molecule has 0 radical (unpaired) electrons. The molecule has 0 aromatic rings. The number of hydrogen-bond donors (Lipinski definition) is 3. The summed E-state index contributed by atoms with van der Waals surface area (Å²) in [7, 11) is 0. The Morgan fingerprint density at radius 1 is 1.35 bits per heavy atom. The number of nitrogens with zero attached hydrogens (tertiary/aromatic N) is 1. The fraction of sp³-hybridized carbons (Fsp3) is 0.857. The van der Waals surface area contributed by atoms with E-state index in [1.165, 1.54) is 0 Å². The molecule has 1 saturated carbocycles. The van der Waals surface area contributed by atoms with Gasteiger partial charge in [-0.2, -0.15) is 0 Å². The Morgan fingerprint density at radius 3 is 2.40 bits per heavy atom. The van der Waals surface area contributed by atoms with E-state index < -0.39 is 11.9 Å². The van der Waals surface area contributed by atoms with E-state index in [4.69, 9.17) is 10.2 Å². The van der Waals surface area contributed by atoms with Crippen molar-refractivity contribution in [1.82, 2.24) is 10.2 Å². The van der Waals surface area contributed by atoms with Crippen molar-refractivity contribution >= 4 is 12.0 Å². The Labute approximate surface area is 120 Å². The van der Waals surface area contributed by atoms with E-state index in [9.17, 15) is 9.59 Å². The highest BCUT2D eigenvalue weighted by Gasteiger charge is 2.29. The van der Waals surface area contributed by atoms with E-state index >= 15 is 0 Å². The third-order valence-electron chi connectivity index (χ3n) is 3.93. The number of rotatable bonds is 8. The second-order valence-corrected chi connectivity index (χ2v) is 5.73. The fourth-order valence-electron chi connectivity index (χ4n) is 2.30. The first kappa shape index (κ1) is 16.8. The average molecular weight is 286 g/mol. The highest BCUT2D eigenvalue weighted by Crippen LogP contribution is 2.25. The van der Waals surface area contributed by atoms with Crippen LogP contribution in [0.3, 0.4) is 0 Å². The summed E-state index contributed by atoms with van der Waals surface area (Å²) in [6.07, 6.45) is 3.66. The van der Waals surface area contributed by atoms with Gasteiger partial charge in [0, 0.05) is 25.7 Å². The molecule has 1 aliphatic carbocycles. The van der Waals surface area contributed by atoms with Crippen LogP contribution in [-0.2, 0) is 4.79 Å². The second-order valence-electron chi connectivity index (χ2n) is 5.73. The predicted molar refractivity (Wildman–Crippen MR) is 75.4 cm³/mol. The van der Waals surface area contributed by atoms with Gasteiger partial charge in [-0.05, 0) is 31.6 Å². The molecule has 1 atom stereocenters. The van der Waals surface area contributed by atoms with Gasteiger partial charge in [-0.15, -0.1) is 0 Å². The zero-order valence-corrected chi connectivity index (χ0v) is 12.3. The molecule has 0 spiro atoms. The molecule has 0 aliphatic heterocycles. The number of nitrogens with one attached hydrogen (secondary N) is 1. The number of carbonyl (C=O) groups is 2. The smallest absolute Gasteiger partial charge is 0.317 e. The van der Waals surface area contributed by atoms with E-state index in [0.717, 1.165) is 19.3 Å². The summed E-state index contributed by atoms with van der Waals surface area (Å²) in [6.45, 7) is 4.39. The van der Waals surface area contributed by atoms with E-state index in [1.54, 1.807) is 4.90 Å². The van der Waals surface area contributed by atoms with Crippen LogP contribution in [0.4, 0.5) is 4.79 Å². The van der Waals surface area contributed by atoms with Gasteiger partial charge in [0.05, 0.1) is 5.92 Å². The molecule has 1 rings (SSSR count). The summed E-state index contributed by atoms with van der Waals surface area (Å²) in [5, 5.41) is 20.7. The number of amides is 2. The molecule has 0 aromatic carbocycles. The molecule has 0 heterocycles.